The van der Waals surface area contributed by atoms with Crippen molar-refractivity contribution in [2.45, 2.75) is 5.03 Å². The Labute approximate surface area is 189 Å². The van der Waals surface area contributed by atoms with Crippen LogP contribution in [0.3, 0.4) is 0 Å². The molecule has 0 bridgehead atoms. The normalized spacial score (nSPS) is 14.9. The number of carbonyl (C=O) groups is 1. The molecule has 0 atom stereocenters. The largest absolute Gasteiger partial charge is 0.454 e. The predicted octanol–water partition coefficient (Wildman–Crippen LogP) is 3.40. The zero-order chi connectivity index (χ0) is 21.9. The van der Waals surface area contributed by atoms with Crippen molar-refractivity contribution in [2.24, 2.45) is 0 Å². The third-order valence-corrected chi connectivity index (χ3v) is 6.25. The van der Waals surface area contributed by atoms with Gasteiger partial charge in [0.2, 0.25) is 12.7 Å². The van der Waals surface area contributed by atoms with E-state index in [0.29, 0.717) is 27.6 Å². The minimum atomic E-state index is -0.161. The first-order valence-electron chi connectivity index (χ1n) is 10.2. The van der Waals surface area contributed by atoms with E-state index in [1.54, 1.807) is 12.1 Å². The Balaban J connectivity index is 1.24. The molecule has 5 rings (SSSR count). The molecule has 3 heterocycles. The van der Waals surface area contributed by atoms with Crippen LogP contribution in [-0.4, -0.2) is 49.7 Å². The summed E-state index contributed by atoms with van der Waals surface area (Å²) in [4.78, 5) is 19.3. The number of fused-ring (bicyclic) bond motifs is 2. The molecular formula is C23H20N4O4S. The number of hydrogen-bond donors (Lipinski definition) is 1. The van der Waals surface area contributed by atoms with Gasteiger partial charge in [-0.2, -0.15) is 5.26 Å². The first kappa shape index (κ1) is 20.4. The van der Waals surface area contributed by atoms with Gasteiger partial charge in [-0.3, -0.25) is 4.79 Å². The summed E-state index contributed by atoms with van der Waals surface area (Å²) in [7, 11) is 0. The standard InChI is InChI=1S/C23H20N4O4S/c24-12-16-9-15-10-20-21(31-14-30-20)11-19(15)26-23(16)32-13-22(28)25-17-1-3-18(4-2-17)27-5-7-29-8-6-27/h1-4,9-11H,5-8,13-14H2,(H,25,28). The number of nitrogens with zero attached hydrogens (tertiary/aromatic N) is 3. The van der Waals surface area contributed by atoms with Crippen molar-refractivity contribution in [1.29, 1.82) is 5.26 Å². The van der Waals surface area contributed by atoms with Crippen LogP contribution in [0.25, 0.3) is 10.9 Å². The Morgan fingerprint density at radius 2 is 1.88 bits per heavy atom. The molecule has 0 radical (unpaired) electrons. The van der Waals surface area contributed by atoms with Crippen LogP contribution in [0.4, 0.5) is 11.4 Å². The Morgan fingerprint density at radius 1 is 1.12 bits per heavy atom. The topological polar surface area (TPSA) is 96.7 Å². The van der Waals surface area contributed by atoms with Gasteiger partial charge < -0.3 is 24.4 Å². The molecule has 1 aromatic heterocycles. The van der Waals surface area contributed by atoms with Crippen molar-refractivity contribution in [3.63, 3.8) is 0 Å². The number of morpholine rings is 1. The van der Waals surface area contributed by atoms with Gasteiger partial charge in [-0.05, 0) is 36.4 Å². The molecule has 2 aromatic carbocycles. The lowest BCUT2D eigenvalue weighted by Gasteiger charge is -2.28. The van der Waals surface area contributed by atoms with Crippen LogP contribution in [0, 0.1) is 11.3 Å². The van der Waals surface area contributed by atoms with Gasteiger partial charge in [-0.1, -0.05) is 11.8 Å². The van der Waals surface area contributed by atoms with Gasteiger partial charge in [0.1, 0.15) is 11.1 Å². The van der Waals surface area contributed by atoms with Gasteiger partial charge in [0.05, 0.1) is 30.0 Å². The third-order valence-electron chi connectivity index (χ3n) is 5.26. The summed E-state index contributed by atoms with van der Waals surface area (Å²) in [6.07, 6.45) is 0. The molecule has 1 saturated heterocycles. The van der Waals surface area contributed by atoms with E-state index in [2.05, 4.69) is 21.3 Å². The van der Waals surface area contributed by atoms with Gasteiger partial charge in [-0.15, -0.1) is 0 Å². The monoisotopic (exact) mass is 448 g/mol. The lowest BCUT2D eigenvalue weighted by Crippen LogP contribution is -2.36. The van der Waals surface area contributed by atoms with Crippen LogP contribution in [0.5, 0.6) is 11.5 Å². The quantitative estimate of drug-likeness (QED) is 0.593. The summed E-state index contributed by atoms with van der Waals surface area (Å²) in [5.41, 5.74) is 2.95. The highest BCUT2D eigenvalue weighted by Gasteiger charge is 2.17. The van der Waals surface area contributed by atoms with Crippen LogP contribution in [0.2, 0.25) is 0 Å². The van der Waals surface area contributed by atoms with Gasteiger partial charge >= 0.3 is 0 Å². The number of ether oxygens (including phenoxy) is 3. The van der Waals surface area contributed by atoms with Crippen molar-refractivity contribution in [1.82, 2.24) is 4.98 Å². The van der Waals surface area contributed by atoms with E-state index in [-0.39, 0.29) is 18.5 Å². The second-order valence-corrected chi connectivity index (χ2v) is 8.30. The van der Waals surface area contributed by atoms with E-state index in [9.17, 15) is 10.1 Å². The van der Waals surface area contributed by atoms with Crippen LogP contribution in [0.1, 0.15) is 5.56 Å². The minimum absolute atomic E-state index is 0.142. The number of aromatic nitrogens is 1. The Kier molecular flexibility index (Phi) is 5.71. The summed E-state index contributed by atoms with van der Waals surface area (Å²) < 4.78 is 16.2. The zero-order valence-corrected chi connectivity index (χ0v) is 18.0. The van der Waals surface area contributed by atoms with E-state index >= 15 is 0 Å². The number of thioether (sulfide) groups is 1. The fourth-order valence-corrected chi connectivity index (χ4v) is 4.41. The minimum Gasteiger partial charge on any atom is -0.454 e. The molecule has 0 unspecified atom stereocenters. The molecule has 0 saturated carbocycles. The van der Waals surface area contributed by atoms with E-state index < -0.39 is 0 Å². The number of nitriles is 1. The Hall–Kier alpha value is -3.48. The van der Waals surface area contributed by atoms with Crippen molar-refractivity contribution >= 4 is 39.9 Å². The molecule has 9 heteroatoms. The average molecular weight is 449 g/mol. The number of benzene rings is 2. The molecule has 8 nitrogen and oxygen atoms in total. The van der Waals surface area contributed by atoms with Crippen molar-refractivity contribution in [2.75, 3.05) is 49.1 Å². The highest BCUT2D eigenvalue weighted by molar-refractivity contribution is 8.00. The number of anilines is 2. The fraction of sp³-hybridized carbons (Fsp3) is 0.261. The maximum Gasteiger partial charge on any atom is 0.234 e. The first-order chi connectivity index (χ1) is 15.7. The molecule has 2 aliphatic heterocycles. The molecule has 2 aliphatic rings. The smallest absolute Gasteiger partial charge is 0.234 e. The molecule has 32 heavy (non-hydrogen) atoms. The van der Waals surface area contributed by atoms with E-state index in [0.717, 1.165) is 43.1 Å². The van der Waals surface area contributed by atoms with E-state index in [4.69, 9.17) is 14.2 Å². The molecular weight excluding hydrogens is 428 g/mol. The number of pyridine rings is 1. The van der Waals surface area contributed by atoms with Crippen molar-refractivity contribution < 1.29 is 19.0 Å². The molecule has 1 amide bonds. The van der Waals surface area contributed by atoms with E-state index in [1.165, 1.54) is 11.8 Å². The third kappa shape index (κ3) is 4.28. The number of carbonyl (C=O) groups excluding carboxylic acids is 1. The van der Waals surface area contributed by atoms with Gasteiger partial charge in [0.25, 0.3) is 0 Å². The van der Waals surface area contributed by atoms with Crippen LogP contribution in [-0.2, 0) is 9.53 Å². The highest BCUT2D eigenvalue weighted by Crippen LogP contribution is 2.37. The van der Waals surface area contributed by atoms with Crippen LogP contribution >= 0.6 is 11.8 Å². The van der Waals surface area contributed by atoms with Crippen molar-refractivity contribution in [3.8, 4) is 17.6 Å². The predicted molar refractivity (Wildman–Crippen MR) is 121 cm³/mol. The lowest BCUT2D eigenvalue weighted by atomic mass is 10.1. The van der Waals surface area contributed by atoms with Crippen molar-refractivity contribution in [3.05, 3.63) is 48.0 Å². The Morgan fingerprint density at radius 3 is 2.62 bits per heavy atom. The summed E-state index contributed by atoms with van der Waals surface area (Å²) in [6, 6.07) is 15.3. The maximum absolute atomic E-state index is 12.5. The lowest BCUT2D eigenvalue weighted by molar-refractivity contribution is -0.113. The first-order valence-corrected chi connectivity index (χ1v) is 11.2. The fourth-order valence-electron chi connectivity index (χ4n) is 3.64. The summed E-state index contributed by atoms with van der Waals surface area (Å²) >= 11 is 1.23. The molecule has 0 spiro atoms. The summed E-state index contributed by atoms with van der Waals surface area (Å²) in [5, 5.41) is 13.7. The second kappa shape index (κ2) is 8.94. The number of hydrogen-bond acceptors (Lipinski definition) is 8. The molecule has 1 N–H and O–H groups in total. The van der Waals surface area contributed by atoms with Gasteiger partial charge in [0, 0.05) is 35.9 Å². The molecule has 1 fully saturated rings. The number of rotatable bonds is 5. The number of nitrogens with one attached hydrogen (secondary N) is 1. The molecule has 3 aromatic rings. The summed E-state index contributed by atoms with van der Waals surface area (Å²) in [5.74, 6) is 1.25. The maximum atomic E-state index is 12.5. The van der Waals surface area contributed by atoms with Gasteiger partial charge in [0.15, 0.2) is 11.5 Å². The zero-order valence-electron chi connectivity index (χ0n) is 17.2. The second-order valence-electron chi connectivity index (χ2n) is 7.33. The van der Waals surface area contributed by atoms with Crippen LogP contribution in [0.15, 0.2) is 47.5 Å². The molecule has 162 valence electrons. The summed E-state index contributed by atoms with van der Waals surface area (Å²) in [6.45, 7) is 3.36. The van der Waals surface area contributed by atoms with Crippen LogP contribution < -0.4 is 19.7 Å². The Bertz CT molecular complexity index is 1200. The highest BCUT2D eigenvalue weighted by atomic mass is 32.2. The van der Waals surface area contributed by atoms with Gasteiger partial charge in [-0.25, -0.2) is 4.98 Å². The molecule has 0 aliphatic carbocycles. The SMILES string of the molecule is N#Cc1cc2cc3c(cc2nc1SCC(=O)Nc1ccc(N2CCOCC2)cc1)OCO3. The van der Waals surface area contributed by atoms with E-state index in [1.807, 2.05) is 30.3 Å². The average Bonchev–Trinajstić information content (AvgIpc) is 3.29. The number of amides is 1.